The Balaban J connectivity index is 1.79. The van der Waals surface area contributed by atoms with Gasteiger partial charge in [-0.1, -0.05) is 37.6 Å². The number of nitrogens with zero attached hydrogens (tertiary/aromatic N) is 5. The Kier molecular flexibility index (Phi) is 4.94. The highest BCUT2D eigenvalue weighted by atomic mass is 35.5. The van der Waals surface area contributed by atoms with Gasteiger partial charge in [0.2, 0.25) is 0 Å². The van der Waals surface area contributed by atoms with E-state index in [1.165, 1.54) is 18.6 Å². The number of hydrogen-bond donors (Lipinski definition) is 2. The van der Waals surface area contributed by atoms with E-state index in [0.717, 1.165) is 16.6 Å². The number of anilines is 1. The van der Waals surface area contributed by atoms with E-state index in [1.54, 1.807) is 6.07 Å². The summed E-state index contributed by atoms with van der Waals surface area (Å²) in [6.45, 7) is 3.93. The Bertz CT molecular complexity index is 1480. The van der Waals surface area contributed by atoms with Crippen LogP contribution in [0.4, 0.5) is 10.2 Å². The lowest BCUT2D eigenvalue weighted by molar-refractivity contribution is 0.620. The van der Waals surface area contributed by atoms with Crippen molar-refractivity contribution in [3.63, 3.8) is 0 Å². The molecule has 7 nitrogen and oxygen atoms in total. The molecule has 0 aliphatic rings. The van der Waals surface area contributed by atoms with Crippen molar-refractivity contribution in [1.82, 2.24) is 29.9 Å². The standard InChI is InChI=1S/C23H19ClFN7/c1-3-17-15(8-13(25)9-27-17)19-14(7-12-5-4-6-16(24)18(12)30-19)11(2)22-31-21(26)20-23(32-22)29-10-28-20/h4-11H,3H2,1-2H3,(H3,26,28,29,31,32)/t11-/m0/s1. The molecule has 9 heteroatoms. The van der Waals surface area contributed by atoms with Crippen molar-refractivity contribution in [3.05, 3.63) is 70.8 Å². The minimum atomic E-state index is -0.435. The zero-order chi connectivity index (χ0) is 22.4. The van der Waals surface area contributed by atoms with Crippen molar-refractivity contribution in [2.24, 2.45) is 0 Å². The summed E-state index contributed by atoms with van der Waals surface area (Å²) in [5.41, 5.74) is 10.6. The molecule has 0 amide bonds. The first-order valence-corrected chi connectivity index (χ1v) is 10.5. The molecule has 5 aromatic rings. The SMILES string of the molecule is CCc1ncc(F)cc1-c1nc2c(Cl)cccc2cc1[C@H](C)c1nc(N)c2[nH]cnc2n1. The third-order valence-corrected chi connectivity index (χ3v) is 5.84. The van der Waals surface area contributed by atoms with E-state index in [2.05, 4.69) is 24.9 Å². The summed E-state index contributed by atoms with van der Waals surface area (Å²) in [6, 6.07) is 9.03. The number of rotatable bonds is 4. The fourth-order valence-electron chi connectivity index (χ4n) is 3.88. The molecule has 0 radical (unpaired) electrons. The lowest BCUT2D eigenvalue weighted by Crippen LogP contribution is -2.09. The van der Waals surface area contributed by atoms with Gasteiger partial charge in [-0.3, -0.25) is 4.98 Å². The predicted octanol–water partition coefficient (Wildman–Crippen LogP) is 5.05. The van der Waals surface area contributed by atoms with Gasteiger partial charge in [-0.25, -0.2) is 24.3 Å². The van der Waals surface area contributed by atoms with E-state index in [-0.39, 0.29) is 5.92 Å². The van der Waals surface area contributed by atoms with E-state index < -0.39 is 5.82 Å². The van der Waals surface area contributed by atoms with Gasteiger partial charge in [0.1, 0.15) is 17.2 Å². The zero-order valence-corrected chi connectivity index (χ0v) is 18.2. The molecule has 5 rings (SSSR count). The van der Waals surface area contributed by atoms with Crippen LogP contribution in [0.5, 0.6) is 0 Å². The van der Waals surface area contributed by atoms with E-state index >= 15 is 0 Å². The molecule has 0 saturated heterocycles. The number of halogens is 2. The molecule has 0 aliphatic carbocycles. The van der Waals surface area contributed by atoms with E-state index in [4.69, 9.17) is 22.3 Å². The van der Waals surface area contributed by atoms with Gasteiger partial charge >= 0.3 is 0 Å². The normalized spacial score (nSPS) is 12.5. The van der Waals surface area contributed by atoms with Crippen LogP contribution >= 0.6 is 11.6 Å². The van der Waals surface area contributed by atoms with Crippen molar-refractivity contribution >= 4 is 39.5 Å². The molecule has 4 aromatic heterocycles. The van der Waals surface area contributed by atoms with Crippen LogP contribution in [0.3, 0.4) is 0 Å². The maximum Gasteiger partial charge on any atom is 0.183 e. The quantitative estimate of drug-likeness (QED) is 0.399. The maximum absolute atomic E-state index is 14.2. The Labute approximate surface area is 187 Å². The third-order valence-electron chi connectivity index (χ3n) is 5.54. The molecular weight excluding hydrogens is 429 g/mol. The molecule has 0 fully saturated rings. The van der Waals surface area contributed by atoms with Crippen molar-refractivity contribution in [2.45, 2.75) is 26.2 Å². The van der Waals surface area contributed by atoms with Crippen LogP contribution in [-0.4, -0.2) is 29.9 Å². The van der Waals surface area contributed by atoms with Gasteiger partial charge in [-0.2, -0.15) is 0 Å². The molecule has 0 unspecified atom stereocenters. The minimum Gasteiger partial charge on any atom is -0.382 e. The smallest absolute Gasteiger partial charge is 0.183 e. The van der Waals surface area contributed by atoms with Crippen LogP contribution in [0.2, 0.25) is 5.02 Å². The summed E-state index contributed by atoms with van der Waals surface area (Å²) < 4.78 is 14.2. The number of pyridine rings is 2. The lowest BCUT2D eigenvalue weighted by atomic mass is 9.92. The summed E-state index contributed by atoms with van der Waals surface area (Å²) >= 11 is 6.44. The van der Waals surface area contributed by atoms with Crippen LogP contribution in [0.25, 0.3) is 33.3 Å². The van der Waals surface area contributed by atoms with Gasteiger partial charge in [0.25, 0.3) is 0 Å². The fraction of sp³-hybridized carbons (Fsp3) is 0.174. The van der Waals surface area contributed by atoms with E-state index in [0.29, 0.717) is 51.0 Å². The molecule has 160 valence electrons. The number of benzene rings is 1. The molecule has 0 spiro atoms. The van der Waals surface area contributed by atoms with Gasteiger partial charge < -0.3 is 10.7 Å². The minimum absolute atomic E-state index is 0.308. The Morgan fingerprint density at radius 2 is 2.00 bits per heavy atom. The lowest BCUT2D eigenvalue weighted by Gasteiger charge is -2.18. The van der Waals surface area contributed by atoms with E-state index in [9.17, 15) is 4.39 Å². The Morgan fingerprint density at radius 3 is 2.81 bits per heavy atom. The van der Waals surface area contributed by atoms with Gasteiger partial charge in [0, 0.05) is 22.6 Å². The first kappa shape index (κ1) is 20.3. The summed E-state index contributed by atoms with van der Waals surface area (Å²) in [5, 5.41) is 1.38. The summed E-state index contributed by atoms with van der Waals surface area (Å²) in [7, 11) is 0. The van der Waals surface area contributed by atoms with Crippen LogP contribution < -0.4 is 5.73 Å². The highest BCUT2D eigenvalue weighted by molar-refractivity contribution is 6.35. The molecule has 0 saturated carbocycles. The molecule has 0 bridgehead atoms. The van der Waals surface area contributed by atoms with Gasteiger partial charge in [-0.05, 0) is 30.2 Å². The zero-order valence-electron chi connectivity index (χ0n) is 17.4. The second-order valence-electron chi connectivity index (χ2n) is 7.53. The summed E-state index contributed by atoms with van der Waals surface area (Å²) in [5.74, 6) is 0.0656. The topological polar surface area (TPSA) is 106 Å². The largest absolute Gasteiger partial charge is 0.382 e. The summed E-state index contributed by atoms with van der Waals surface area (Å²) in [4.78, 5) is 25.4. The molecule has 0 aliphatic heterocycles. The molecule has 3 N–H and O–H groups in total. The van der Waals surface area contributed by atoms with Crippen molar-refractivity contribution in [1.29, 1.82) is 0 Å². The molecule has 4 heterocycles. The van der Waals surface area contributed by atoms with E-state index in [1.807, 2.05) is 32.0 Å². The van der Waals surface area contributed by atoms with Crippen LogP contribution in [0, 0.1) is 5.82 Å². The third kappa shape index (κ3) is 3.33. The second-order valence-corrected chi connectivity index (χ2v) is 7.94. The fourth-order valence-corrected chi connectivity index (χ4v) is 4.11. The van der Waals surface area contributed by atoms with Gasteiger partial charge in [0.05, 0.1) is 28.8 Å². The summed E-state index contributed by atoms with van der Waals surface area (Å²) in [6.07, 6.45) is 3.37. The number of aromatic amines is 1. The number of hydrogen-bond acceptors (Lipinski definition) is 6. The number of nitrogens with one attached hydrogen (secondary N) is 1. The number of aryl methyl sites for hydroxylation is 1. The number of fused-ring (bicyclic) bond motifs is 2. The number of H-pyrrole nitrogens is 1. The van der Waals surface area contributed by atoms with Crippen molar-refractivity contribution < 1.29 is 4.39 Å². The number of nitrogens with two attached hydrogens (primary N) is 1. The molecule has 1 aromatic carbocycles. The average molecular weight is 448 g/mol. The number of nitrogen functional groups attached to an aromatic ring is 1. The maximum atomic E-state index is 14.2. The molecule has 1 atom stereocenters. The van der Waals surface area contributed by atoms with Crippen LogP contribution in [0.15, 0.2) is 42.9 Å². The van der Waals surface area contributed by atoms with Gasteiger partial charge in [0.15, 0.2) is 11.5 Å². The number of para-hydroxylation sites is 1. The highest BCUT2D eigenvalue weighted by Crippen LogP contribution is 2.36. The number of imidazole rings is 1. The van der Waals surface area contributed by atoms with Crippen molar-refractivity contribution in [3.8, 4) is 11.3 Å². The van der Waals surface area contributed by atoms with Crippen LogP contribution in [-0.2, 0) is 6.42 Å². The highest BCUT2D eigenvalue weighted by Gasteiger charge is 2.23. The van der Waals surface area contributed by atoms with Crippen molar-refractivity contribution in [2.75, 3.05) is 5.73 Å². The first-order chi connectivity index (χ1) is 15.5. The number of aromatic nitrogens is 6. The Morgan fingerprint density at radius 1 is 1.16 bits per heavy atom. The average Bonchev–Trinajstić information content (AvgIpc) is 3.27. The predicted molar refractivity (Wildman–Crippen MR) is 123 cm³/mol. The monoisotopic (exact) mass is 447 g/mol. The molecule has 32 heavy (non-hydrogen) atoms. The van der Waals surface area contributed by atoms with Crippen LogP contribution in [0.1, 0.15) is 36.8 Å². The van der Waals surface area contributed by atoms with Gasteiger partial charge in [-0.15, -0.1) is 0 Å². The molecular formula is C23H19ClFN7. The Hall–Kier alpha value is -3.65. The first-order valence-electron chi connectivity index (χ1n) is 10.2. The second kappa shape index (κ2) is 7.80.